The van der Waals surface area contributed by atoms with E-state index in [1.54, 1.807) is 7.11 Å². The van der Waals surface area contributed by atoms with Crippen molar-refractivity contribution >= 4 is 0 Å². The van der Waals surface area contributed by atoms with Gasteiger partial charge in [0.25, 0.3) is 0 Å². The van der Waals surface area contributed by atoms with Gasteiger partial charge in [0.1, 0.15) is 24.9 Å². The number of benzene rings is 2. The molecular weight excluding hydrogens is 528 g/mol. The van der Waals surface area contributed by atoms with Gasteiger partial charge in [-0.2, -0.15) is 0 Å². The number of hydrogen-bond donors (Lipinski definition) is 0. The summed E-state index contributed by atoms with van der Waals surface area (Å²) in [5.74, 6) is 1.72. The normalized spacial score (nSPS) is 10.4. The summed E-state index contributed by atoms with van der Waals surface area (Å²) < 4.78 is 26.6. The minimum Gasteiger partial charge on any atom is -0.496 e. The Morgan fingerprint density at radius 2 is 1.18 bits per heavy atom. The molecule has 0 bridgehead atoms. The number of rotatable bonds is 14. The molecule has 0 aliphatic rings. The van der Waals surface area contributed by atoms with Crippen LogP contribution in [-0.4, -0.2) is 46.9 Å². The van der Waals surface area contributed by atoms with Crippen molar-refractivity contribution in [3.05, 3.63) is 66.6 Å². The molecule has 28 heavy (non-hydrogen) atoms. The molecule has 5 nitrogen and oxygen atoms in total. The second kappa shape index (κ2) is 15.5. The zero-order valence-corrected chi connectivity index (χ0v) is 19.4. The molecule has 6 heteroatoms. The van der Waals surface area contributed by atoms with Crippen LogP contribution in [0.1, 0.15) is 17.5 Å². The van der Waals surface area contributed by atoms with Gasteiger partial charge in [0.2, 0.25) is 0 Å². The predicted molar refractivity (Wildman–Crippen MR) is 105 cm³/mol. The summed E-state index contributed by atoms with van der Waals surface area (Å²) in [5.41, 5.74) is 2.48. The van der Waals surface area contributed by atoms with Gasteiger partial charge in [0.05, 0.1) is 26.4 Å². The molecule has 0 aliphatic heterocycles. The van der Waals surface area contributed by atoms with Gasteiger partial charge in [0.15, 0.2) is 0 Å². The Labute approximate surface area is 182 Å². The number of ether oxygens (including phenoxy) is 5. The topological polar surface area (TPSA) is 46.2 Å². The van der Waals surface area contributed by atoms with Crippen LogP contribution in [0.5, 0.6) is 11.5 Å². The van der Waals surface area contributed by atoms with Gasteiger partial charge in [-0.25, -0.2) is 0 Å². The Bertz CT molecular complexity index is 616. The van der Waals surface area contributed by atoms with Gasteiger partial charge in [-0.1, -0.05) is 24.3 Å². The second-order valence-electron chi connectivity index (χ2n) is 5.94. The molecule has 0 N–H and O–H groups in total. The van der Waals surface area contributed by atoms with Crippen LogP contribution in [0.4, 0.5) is 0 Å². The Balaban J connectivity index is 0.00000392. The molecule has 0 fully saturated rings. The fourth-order valence-corrected chi connectivity index (χ4v) is 2.37. The van der Waals surface area contributed by atoms with E-state index < -0.39 is 0 Å². The van der Waals surface area contributed by atoms with Crippen LogP contribution < -0.4 is 9.47 Å². The maximum Gasteiger partial charge on any atom is 0.146 e. The van der Waals surface area contributed by atoms with Crippen LogP contribution in [0.15, 0.2) is 48.5 Å². The van der Waals surface area contributed by atoms with Crippen molar-refractivity contribution < 1.29 is 44.7 Å². The Morgan fingerprint density at radius 1 is 0.679 bits per heavy atom. The average molecular weight is 557 g/mol. The zero-order chi connectivity index (χ0) is 19.2. The molecule has 2 rings (SSSR count). The minimum absolute atomic E-state index is 0. The van der Waals surface area contributed by atoms with Crippen molar-refractivity contribution in [3.63, 3.8) is 0 Å². The molecule has 0 atom stereocenters. The molecule has 0 aliphatic carbocycles. The first-order chi connectivity index (χ1) is 13.3. The molecule has 0 unspecified atom stereocenters. The van der Waals surface area contributed by atoms with E-state index in [-0.39, 0.29) is 27.9 Å². The fraction of sp³-hybridized carbons (Fsp3) is 0.409. The molecule has 0 radical (unpaired) electrons. The predicted octanol–water partition coefficient (Wildman–Crippen LogP) is 3.89. The van der Waals surface area contributed by atoms with Crippen molar-refractivity contribution in [3.8, 4) is 11.5 Å². The van der Waals surface area contributed by atoms with Gasteiger partial charge in [-0.05, 0) is 41.8 Å². The van der Waals surface area contributed by atoms with Gasteiger partial charge < -0.3 is 30.6 Å². The standard InChI is InChI=1S/C22H29O5.W/c1-3-12-26-21-8-4-19(5-9-21)17-20-6-10-22(11-7-20)27-16-15-25-18-24-14-13-23-2;/h4-11H,1,3,12-18H2,2H3;/q-1;. The van der Waals surface area contributed by atoms with Crippen LogP contribution in [0.25, 0.3) is 0 Å². The van der Waals surface area contributed by atoms with Crippen molar-refractivity contribution in [2.75, 3.05) is 46.9 Å². The van der Waals surface area contributed by atoms with E-state index in [1.807, 2.05) is 24.3 Å². The molecule has 154 valence electrons. The molecule has 2 aromatic rings. The fourth-order valence-electron chi connectivity index (χ4n) is 2.37. The molecule has 0 aromatic heterocycles. The third-order valence-corrected chi connectivity index (χ3v) is 3.76. The molecule has 2 aromatic carbocycles. The average Bonchev–Trinajstić information content (AvgIpc) is 2.71. The summed E-state index contributed by atoms with van der Waals surface area (Å²) in [6.07, 6.45) is 1.64. The Kier molecular flexibility index (Phi) is 13.7. The van der Waals surface area contributed by atoms with E-state index in [9.17, 15) is 0 Å². The summed E-state index contributed by atoms with van der Waals surface area (Å²) in [5, 5.41) is 0. The van der Waals surface area contributed by atoms with E-state index >= 15 is 0 Å². The zero-order valence-electron chi connectivity index (χ0n) is 16.4. The van der Waals surface area contributed by atoms with Gasteiger partial charge in [-0.15, -0.1) is 6.42 Å². The molecule has 0 heterocycles. The third kappa shape index (κ3) is 10.2. The van der Waals surface area contributed by atoms with Crippen LogP contribution >= 0.6 is 0 Å². The monoisotopic (exact) mass is 557 g/mol. The van der Waals surface area contributed by atoms with E-state index in [2.05, 4.69) is 31.2 Å². The third-order valence-electron chi connectivity index (χ3n) is 3.76. The van der Waals surface area contributed by atoms with Crippen molar-refractivity contribution in [1.82, 2.24) is 0 Å². The van der Waals surface area contributed by atoms with Gasteiger partial charge >= 0.3 is 0 Å². The van der Waals surface area contributed by atoms with E-state index in [0.717, 1.165) is 24.3 Å². The molecule has 0 spiro atoms. The first-order valence-corrected chi connectivity index (χ1v) is 9.19. The first-order valence-electron chi connectivity index (χ1n) is 9.19. The molecule has 0 saturated heterocycles. The quantitative estimate of drug-likeness (QED) is 0.201. The first kappa shape index (κ1) is 24.6. The van der Waals surface area contributed by atoms with Crippen LogP contribution in [-0.2, 0) is 41.7 Å². The SMILES string of the molecule is [CH2-]CCOc1ccc(Cc2ccc(OCCOCOCCOC)cc2)cc1.[W]. The maximum absolute atomic E-state index is 5.67. The summed E-state index contributed by atoms with van der Waals surface area (Å²) >= 11 is 0. The van der Waals surface area contributed by atoms with E-state index in [0.29, 0.717) is 33.0 Å². The molecule has 0 amide bonds. The largest absolute Gasteiger partial charge is 0.496 e. The van der Waals surface area contributed by atoms with Crippen molar-refractivity contribution in [2.24, 2.45) is 0 Å². The summed E-state index contributed by atoms with van der Waals surface area (Å²) in [4.78, 5) is 0. The molecule has 0 saturated carbocycles. The molecular formula is C22H29O5W-. The Morgan fingerprint density at radius 3 is 1.68 bits per heavy atom. The van der Waals surface area contributed by atoms with Crippen LogP contribution in [0.2, 0.25) is 0 Å². The number of hydrogen-bond acceptors (Lipinski definition) is 5. The van der Waals surface area contributed by atoms with Crippen LogP contribution in [0.3, 0.4) is 0 Å². The van der Waals surface area contributed by atoms with Crippen molar-refractivity contribution in [2.45, 2.75) is 12.8 Å². The maximum atomic E-state index is 5.67. The van der Waals surface area contributed by atoms with E-state index in [4.69, 9.17) is 23.7 Å². The summed E-state index contributed by atoms with van der Waals surface area (Å²) in [6, 6.07) is 16.3. The Hall–Kier alpha value is -1.39. The summed E-state index contributed by atoms with van der Waals surface area (Å²) in [7, 11) is 1.64. The smallest absolute Gasteiger partial charge is 0.146 e. The van der Waals surface area contributed by atoms with Crippen molar-refractivity contribution in [1.29, 1.82) is 0 Å². The van der Waals surface area contributed by atoms with E-state index in [1.165, 1.54) is 11.1 Å². The second-order valence-corrected chi connectivity index (χ2v) is 5.94. The minimum atomic E-state index is 0. The van der Waals surface area contributed by atoms with Gasteiger partial charge in [0, 0.05) is 28.2 Å². The number of methoxy groups -OCH3 is 1. The van der Waals surface area contributed by atoms with Crippen LogP contribution in [0, 0.1) is 6.92 Å². The summed E-state index contributed by atoms with van der Waals surface area (Å²) in [6.45, 7) is 6.74. The van der Waals surface area contributed by atoms with Gasteiger partial charge in [-0.3, -0.25) is 0 Å².